The number of anilines is 3. The molecule has 0 fully saturated rings. The zero-order chi connectivity index (χ0) is 22.5. The van der Waals surface area contributed by atoms with Gasteiger partial charge in [-0.25, -0.2) is 4.98 Å². The second kappa shape index (κ2) is 9.36. The van der Waals surface area contributed by atoms with E-state index in [4.69, 9.17) is 4.42 Å². The van der Waals surface area contributed by atoms with Gasteiger partial charge in [0.05, 0.1) is 11.4 Å². The molecule has 160 valence electrons. The lowest BCUT2D eigenvalue weighted by atomic mass is 10.1. The summed E-state index contributed by atoms with van der Waals surface area (Å²) in [5, 5.41) is 12.7. The molecule has 0 saturated heterocycles. The predicted octanol–water partition coefficient (Wildman–Crippen LogP) is 4.84. The highest BCUT2D eigenvalue weighted by Crippen LogP contribution is 2.29. The minimum atomic E-state index is -0.309. The molecule has 9 heteroatoms. The number of nitrogens with one attached hydrogen (secondary N) is 1. The van der Waals surface area contributed by atoms with Crippen LogP contribution in [0.5, 0.6) is 0 Å². The summed E-state index contributed by atoms with van der Waals surface area (Å²) in [6, 6.07) is 14.8. The van der Waals surface area contributed by atoms with Gasteiger partial charge in [0.2, 0.25) is 24.1 Å². The zero-order valence-corrected chi connectivity index (χ0v) is 18.2. The van der Waals surface area contributed by atoms with Crippen LogP contribution in [0.1, 0.15) is 18.2 Å². The Balaban J connectivity index is 1.48. The molecule has 0 aliphatic carbocycles. The SMILES string of the molecule is CC(=O)N(c1ccccc1)c1nc(/C=C/C(=O)Nc2cc(-c3nnco3)ccc2C)cs1. The van der Waals surface area contributed by atoms with Gasteiger partial charge >= 0.3 is 0 Å². The van der Waals surface area contributed by atoms with E-state index in [2.05, 4.69) is 20.5 Å². The van der Waals surface area contributed by atoms with Crippen LogP contribution in [0, 0.1) is 6.92 Å². The van der Waals surface area contributed by atoms with Crippen LogP contribution in [0.3, 0.4) is 0 Å². The van der Waals surface area contributed by atoms with Crippen molar-refractivity contribution >= 4 is 45.7 Å². The lowest BCUT2D eigenvalue weighted by Gasteiger charge is -2.17. The molecule has 0 aliphatic heterocycles. The predicted molar refractivity (Wildman–Crippen MR) is 124 cm³/mol. The molecule has 0 saturated carbocycles. The minimum Gasteiger partial charge on any atom is -0.423 e. The molecule has 0 atom stereocenters. The first-order valence-electron chi connectivity index (χ1n) is 9.69. The number of hydrogen-bond acceptors (Lipinski definition) is 7. The van der Waals surface area contributed by atoms with Crippen LogP contribution in [0.15, 0.2) is 70.8 Å². The molecule has 4 aromatic rings. The lowest BCUT2D eigenvalue weighted by Crippen LogP contribution is -2.22. The number of para-hydroxylation sites is 1. The van der Waals surface area contributed by atoms with Crippen molar-refractivity contribution in [1.29, 1.82) is 0 Å². The second-order valence-electron chi connectivity index (χ2n) is 6.84. The number of benzene rings is 2. The van der Waals surface area contributed by atoms with Gasteiger partial charge in [-0.2, -0.15) is 0 Å². The van der Waals surface area contributed by atoms with Gasteiger partial charge in [-0.3, -0.25) is 14.5 Å². The van der Waals surface area contributed by atoms with Crippen molar-refractivity contribution in [3.63, 3.8) is 0 Å². The molecule has 2 aromatic carbocycles. The second-order valence-corrected chi connectivity index (χ2v) is 7.68. The molecule has 0 radical (unpaired) electrons. The molecular weight excluding hydrogens is 426 g/mol. The quantitative estimate of drug-likeness (QED) is 0.426. The number of carbonyl (C=O) groups is 2. The summed E-state index contributed by atoms with van der Waals surface area (Å²) in [5.41, 5.74) is 3.56. The Morgan fingerprint density at radius 1 is 1.16 bits per heavy atom. The first kappa shape index (κ1) is 21.1. The fourth-order valence-corrected chi connectivity index (χ4v) is 3.84. The van der Waals surface area contributed by atoms with E-state index < -0.39 is 0 Å². The third-order valence-corrected chi connectivity index (χ3v) is 5.38. The summed E-state index contributed by atoms with van der Waals surface area (Å²) in [6.45, 7) is 3.38. The number of nitrogens with zero attached hydrogens (tertiary/aromatic N) is 4. The maximum Gasteiger partial charge on any atom is 0.248 e. The van der Waals surface area contributed by atoms with Crippen molar-refractivity contribution in [2.45, 2.75) is 13.8 Å². The van der Waals surface area contributed by atoms with E-state index in [9.17, 15) is 9.59 Å². The molecule has 4 rings (SSSR count). The minimum absolute atomic E-state index is 0.143. The van der Waals surface area contributed by atoms with Gasteiger partial charge in [0.15, 0.2) is 5.13 Å². The summed E-state index contributed by atoms with van der Waals surface area (Å²) in [7, 11) is 0. The van der Waals surface area contributed by atoms with Crippen LogP contribution < -0.4 is 10.2 Å². The fourth-order valence-electron chi connectivity index (χ4n) is 2.98. The van der Waals surface area contributed by atoms with Crippen molar-refractivity contribution in [3.05, 3.63) is 77.6 Å². The van der Waals surface area contributed by atoms with Gasteiger partial charge in [-0.1, -0.05) is 24.3 Å². The fraction of sp³-hybridized carbons (Fsp3) is 0.0870. The molecule has 2 amide bonds. The molecule has 8 nitrogen and oxygen atoms in total. The van der Waals surface area contributed by atoms with Crippen LogP contribution in [0.4, 0.5) is 16.5 Å². The molecule has 0 unspecified atom stereocenters. The number of thiazole rings is 1. The Morgan fingerprint density at radius 3 is 2.69 bits per heavy atom. The van der Waals surface area contributed by atoms with Crippen molar-refractivity contribution in [3.8, 4) is 11.5 Å². The Morgan fingerprint density at radius 2 is 1.97 bits per heavy atom. The van der Waals surface area contributed by atoms with Gasteiger partial charge < -0.3 is 9.73 Å². The molecule has 2 aromatic heterocycles. The summed E-state index contributed by atoms with van der Waals surface area (Å²) >= 11 is 1.33. The molecule has 32 heavy (non-hydrogen) atoms. The Kier molecular flexibility index (Phi) is 6.18. The van der Waals surface area contributed by atoms with E-state index >= 15 is 0 Å². The Bertz CT molecular complexity index is 1270. The van der Waals surface area contributed by atoms with E-state index in [1.165, 1.54) is 35.6 Å². The lowest BCUT2D eigenvalue weighted by molar-refractivity contribution is -0.116. The Hall–Kier alpha value is -4.11. The first-order valence-corrected chi connectivity index (χ1v) is 10.6. The first-order chi connectivity index (χ1) is 15.5. The summed E-state index contributed by atoms with van der Waals surface area (Å²) in [4.78, 5) is 30.6. The number of aromatic nitrogens is 3. The van der Waals surface area contributed by atoms with Crippen molar-refractivity contribution < 1.29 is 14.0 Å². The number of rotatable bonds is 6. The van der Waals surface area contributed by atoms with Gasteiger partial charge in [0.1, 0.15) is 0 Å². The highest BCUT2D eigenvalue weighted by Gasteiger charge is 2.17. The normalized spacial score (nSPS) is 10.9. The van der Waals surface area contributed by atoms with E-state index in [1.807, 2.05) is 49.4 Å². The molecule has 0 spiro atoms. The molecule has 2 heterocycles. The largest absolute Gasteiger partial charge is 0.423 e. The van der Waals surface area contributed by atoms with Crippen LogP contribution in [-0.4, -0.2) is 27.0 Å². The Labute approximate surface area is 188 Å². The average Bonchev–Trinajstić information content (AvgIpc) is 3.47. The van der Waals surface area contributed by atoms with E-state index in [-0.39, 0.29) is 11.8 Å². The van der Waals surface area contributed by atoms with Crippen LogP contribution in [-0.2, 0) is 9.59 Å². The summed E-state index contributed by atoms with van der Waals surface area (Å²) < 4.78 is 5.21. The van der Waals surface area contributed by atoms with E-state index in [1.54, 1.807) is 17.5 Å². The molecule has 0 aliphatic rings. The van der Waals surface area contributed by atoms with Crippen molar-refractivity contribution in [1.82, 2.24) is 15.2 Å². The van der Waals surface area contributed by atoms with Gasteiger partial charge in [-0.05, 0) is 42.8 Å². The monoisotopic (exact) mass is 445 g/mol. The average molecular weight is 446 g/mol. The van der Waals surface area contributed by atoms with Crippen LogP contribution in [0.25, 0.3) is 17.5 Å². The molecular formula is C23H19N5O3S. The summed E-state index contributed by atoms with van der Waals surface area (Å²) in [6.07, 6.45) is 4.26. The maximum atomic E-state index is 12.5. The van der Waals surface area contributed by atoms with E-state index in [0.717, 1.165) is 11.3 Å². The standard InChI is InChI=1S/C23H19N5O3S/c1-15-8-9-17(22-27-24-14-31-22)12-20(15)26-21(30)11-10-18-13-32-23(25-18)28(16(2)29)19-6-4-3-5-7-19/h3-14H,1-2H3,(H,26,30)/b11-10+. The maximum absolute atomic E-state index is 12.5. The zero-order valence-electron chi connectivity index (χ0n) is 17.4. The van der Waals surface area contributed by atoms with Crippen LogP contribution >= 0.6 is 11.3 Å². The third-order valence-electron chi connectivity index (χ3n) is 4.54. The number of carbonyl (C=O) groups excluding carboxylic acids is 2. The highest BCUT2D eigenvalue weighted by molar-refractivity contribution is 7.14. The van der Waals surface area contributed by atoms with Gasteiger partial charge in [-0.15, -0.1) is 21.5 Å². The van der Waals surface area contributed by atoms with Crippen LogP contribution in [0.2, 0.25) is 0 Å². The number of aryl methyl sites for hydroxylation is 1. The summed E-state index contributed by atoms with van der Waals surface area (Å²) in [5.74, 6) is -0.0771. The van der Waals surface area contributed by atoms with Crippen molar-refractivity contribution in [2.24, 2.45) is 0 Å². The highest BCUT2D eigenvalue weighted by atomic mass is 32.1. The topological polar surface area (TPSA) is 101 Å². The van der Waals surface area contributed by atoms with Gasteiger partial charge in [0, 0.05) is 29.6 Å². The smallest absolute Gasteiger partial charge is 0.248 e. The van der Waals surface area contributed by atoms with Crippen molar-refractivity contribution in [2.75, 3.05) is 10.2 Å². The third kappa shape index (κ3) is 4.79. The molecule has 0 bridgehead atoms. The van der Waals surface area contributed by atoms with Gasteiger partial charge in [0.25, 0.3) is 0 Å². The molecule has 1 N–H and O–H groups in total. The number of amides is 2. The number of hydrogen-bond donors (Lipinski definition) is 1. The van der Waals surface area contributed by atoms with E-state index in [0.29, 0.717) is 28.0 Å².